The van der Waals surface area contributed by atoms with E-state index in [1.54, 1.807) is 0 Å². The summed E-state index contributed by atoms with van der Waals surface area (Å²) in [6.07, 6.45) is 0. The highest BCUT2D eigenvalue weighted by atomic mass is 15.1. The van der Waals surface area contributed by atoms with Crippen molar-refractivity contribution < 1.29 is 0 Å². The van der Waals surface area contributed by atoms with E-state index in [1.165, 1.54) is 0 Å². The SMILES string of the molecule is CCN(CC)CCNc1nc(C(C)(C)C)nc(NC)c1C. The number of nitrogens with one attached hydrogen (secondary N) is 2. The zero-order chi connectivity index (χ0) is 16.0. The van der Waals surface area contributed by atoms with Crippen LogP contribution in [0.1, 0.15) is 46.0 Å². The van der Waals surface area contributed by atoms with Gasteiger partial charge in [0.25, 0.3) is 0 Å². The Hall–Kier alpha value is -1.36. The number of rotatable bonds is 7. The molecule has 0 fully saturated rings. The highest BCUT2D eigenvalue weighted by Gasteiger charge is 2.20. The van der Waals surface area contributed by atoms with Crippen LogP contribution >= 0.6 is 0 Å². The second kappa shape index (κ2) is 7.59. The van der Waals surface area contributed by atoms with Gasteiger partial charge in [0.05, 0.1) is 0 Å². The van der Waals surface area contributed by atoms with Gasteiger partial charge in [0.1, 0.15) is 17.5 Å². The van der Waals surface area contributed by atoms with Gasteiger partial charge in [-0.2, -0.15) is 0 Å². The summed E-state index contributed by atoms with van der Waals surface area (Å²) in [5, 5.41) is 6.63. The minimum Gasteiger partial charge on any atom is -0.373 e. The second-order valence-corrected chi connectivity index (χ2v) is 6.32. The standard InChI is InChI=1S/C16H31N5/c1-8-21(9-2)11-10-18-14-12(3)13(17-7)19-15(20-14)16(4,5)6/h8-11H2,1-7H3,(H2,17,18,19,20). The van der Waals surface area contributed by atoms with E-state index in [0.29, 0.717) is 0 Å². The Morgan fingerprint density at radius 3 is 2.10 bits per heavy atom. The van der Waals surface area contributed by atoms with E-state index >= 15 is 0 Å². The molecule has 5 heteroatoms. The lowest BCUT2D eigenvalue weighted by atomic mass is 9.95. The maximum Gasteiger partial charge on any atom is 0.138 e. The lowest BCUT2D eigenvalue weighted by Gasteiger charge is -2.22. The highest BCUT2D eigenvalue weighted by Crippen LogP contribution is 2.25. The summed E-state index contributed by atoms with van der Waals surface area (Å²) in [6, 6.07) is 0. The van der Waals surface area contributed by atoms with E-state index in [9.17, 15) is 0 Å². The molecule has 0 bridgehead atoms. The molecule has 1 aromatic rings. The van der Waals surface area contributed by atoms with Gasteiger partial charge in [0.15, 0.2) is 0 Å². The molecule has 0 spiro atoms. The van der Waals surface area contributed by atoms with Gasteiger partial charge < -0.3 is 15.5 Å². The first-order chi connectivity index (χ1) is 9.83. The molecule has 2 N–H and O–H groups in total. The lowest BCUT2D eigenvalue weighted by Crippen LogP contribution is -2.29. The number of hydrogen-bond acceptors (Lipinski definition) is 5. The van der Waals surface area contributed by atoms with Crippen LogP contribution in [-0.2, 0) is 5.41 Å². The maximum atomic E-state index is 4.72. The molecule has 0 saturated carbocycles. The van der Waals surface area contributed by atoms with Gasteiger partial charge in [-0.25, -0.2) is 9.97 Å². The van der Waals surface area contributed by atoms with Crippen molar-refractivity contribution in [3.63, 3.8) is 0 Å². The van der Waals surface area contributed by atoms with Gasteiger partial charge >= 0.3 is 0 Å². The molecule has 0 aliphatic carbocycles. The monoisotopic (exact) mass is 293 g/mol. The Kier molecular flexibility index (Phi) is 6.40. The van der Waals surface area contributed by atoms with Crippen LogP contribution in [0.25, 0.3) is 0 Å². The lowest BCUT2D eigenvalue weighted by molar-refractivity contribution is 0.316. The van der Waals surface area contributed by atoms with Crippen LogP contribution in [0.4, 0.5) is 11.6 Å². The fourth-order valence-corrected chi connectivity index (χ4v) is 2.14. The molecule has 120 valence electrons. The minimum atomic E-state index is -0.0609. The first-order valence-electron chi connectivity index (χ1n) is 7.86. The van der Waals surface area contributed by atoms with Crippen LogP contribution < -0.4 is 10.6 Å². The molecule has 0 amide bonds. The first-order valence-corrected chi connectivity index (χ1v) is 7.86. The normalized spacial score (nSPS) is 11.8. The molecule has 0 aliphatic heterocycles. The summed E-state index contributed by atoms with van der Waals surface area (Å²) in [5.41, 5.74) is 1.01. The quantitative estimate of drug-likeness (QED) is 0.809. The van der Waals surface area contributed by atoms with Crippen LogP contribution in [0, 0.1) is 6.92 Å². The van der Waals surface area contributed by atoms with E-state index in [-0.39, 0.29) is 5.41 Å². The number of hydrogen-bond donors (Lipinski definition) is 2. The number of likely N-dealkylation sites (N-methyl/N-ethyl adjacent to an activating group) is 1. The summed E-state index contributed by atoms with van der Waals surface area (Å²) < 4.78 is 0. The van der Waals surface area contributed by atoms with E-state index in [4.69, 9.17) is 4.98 Å². The fourth-order valence-electron chi connectivity index (χ4n) is 2.14. The van der Waals surface area contributed by atoms with Gasteiger partial charge in [-0.05, 0) is 20.0 Å². The average Bonchev–Trinajstić information content (AvgIpc) is 2.44. The van der Waals surface area contributed by atoms with Crippen LogP contribution in [0.5, 0.6) is 0 Å². The van der Waals surface area contributed by atoms with Gasteiger partial charge in [-0.3, -0.25) is 0 Å². The molecule has 1 rings (SSSR count). The van der Waals surface area contributed by atoms with Crippen LogP contribution in [0.2, 0.25) is 0 Å². The zero-order valence-corrected chi connectivity index (χ0v) is 14.7. The predicted molar refractivity (Wildman–Crippen MR) is 91.3 cm³/mol. The molecule has 0 aliphatic rings. The molecule has 0 aromatic carbocycles. The molecule has 0 saturated heterocycles. The van der Waals surface area contributed by atoms with Crippen LogP contribution in [-0.4, -0.2) is 48.1 Å². The third-order valence-corrected chi connectivity index (χ3v) is 3.67. The second-order valence-electron chi connectivity index (χ2n) is 6.32. The maximum absolute atomic E-state index is 4.72. The molecule has 0 unspecified atom stereocenters. The summed E-state index contributed by atoms with van der Waals surface area (Å²) in [7, 11) is 1.90. The van der Waals surface area contributed by atoms with Crippen molar-refractivity contribution in [3.8, 4) is 0 Å². The highest BCUT2D eigenvalue weighted by molar-refractivity contribution is 5.57. The average molecular weight is 293 g/mol. The molecule has 0 radical (unpaired) electrons. The topological polar surface area (TPSA) is 53.1 Å². The molecule has 5 nitrogen and oxygen atoms in total. The Balaban J connectivity index is 2.90. The molecule has 1 heterocycles. The molecule has 1 aromatic heterocycles. The Labute approximate surface area is 129 Å². The first kappa shape index (κ1) is 17.7. The van der Waals surface area contributed by atoms with E-state index < -0.39 is 0 Å². The summed E-state index contributed by atoms with van der Waals surface area (Å²) in [6.45, 7) is 16.9. The minimum absolute atomic E-state index is 0.0609. The Bertz CT molecular complexity index is 447. The summed E-state index contributed by atoms with van der Waals surface area (Å²) >= 11 is 0. The van der Waals surface area contributed by atoms with E-state index in [2.05, 4.69) is 62.1 Å². The number of aromatic nitrogens is 2. The fraction of sp³-hybridized carbons (Fsp3) is 0.750. The Morgan fingerprint density at radius 2 is 1.62 bits per heavy atom. The van der Waals surface area contributed by atoms with Crippen molar-refractivity contribution in [2.24, 2.45) is 0 Å². The Morgan fingerprint density at radius 1 is 1.05 bits per heavy atom. The molecular formula is C16H31N5. The van der Waals surface area contributed by atoms with Crippen molar-refractivity contribution in [1.82, 2.24) is 14.9 Å². The van der Waals surface area contributed by atoms with Gasteiger partial charge in [0.2, 0.25) is 0 Å². The van der Waals surface area contributed by atoms with Crippen molar-refractivity contribution >= 4 is 11.6 Å². The van der Waals surface area contributed by atoms with E-state index in [1.807, 2.05) is 7.05 Å². The smallest absolute Gasteiger partial charge is 0.138 e. The number of anilines is 2. The predicted octanol–water partition coefficient (Wildman–Crippen LogP) is 2.88. The van der Waals surface area contributed by atoms with Crippen molar-refractivity contribution in [3.05, 3.63) is 11.4 Å². The largest absolute Gasteiger partial charge is 0.373 e. The van der Waals surface area contributed by atoms with Gasteiger partial charge in [-0.1, -0.05) is 34.6 Å². The van der Waals surface area contributed by atoms with Crippen LogP contribution in [0.3, 0.4) is 0 Å². The van der Waals surface area contributed by atoms with Crippen molar-refractivity contribution in [1.29, 1.82) is 0 Å². The summed E-state index contributed by atoms with van der Waals surface area (Å²) in [5.74, 6) is 2.70. The van der Waals surface area contributed by atoms with Crippen molar-refractivity contribution in [2.45, 2.75) is 47.0 Å². The van der Waals surface area contributed by atoms with Crippen molar-refractivity contribution in [2.75, 3.05) is 43.9 Å². The number of nitrogens with zero attached hydrogens (tertiary/aromatic N) is 3. The van der Waals surface area contributed by atoms with Gasteiger partial charge in [-0.15, -0.1) is 0 Å². The molecule has 0 atom stereocenters. The third-order valence-electron chi connectivity index (χ3n) is 3.67. The molecular weight excluding hydrogens is 262 g/mol. The molecule has 21 heavy (non-hydrogen) atoms. The van der Waals surface area contributed by atoms with E-state index in [0.717, 1.165) is 49.2 Å². The third kappa shape index (κ3) is 4.84. The zero-order valence-electron chi connectivity index (χ0n) is 14.7. The van der Waals surface area contributed by atoms with Crippen LogP contribution in [0.15, 0.2) is 0 Å². The summed E-state index contributed by atoms with van der Waals surface area (Å²) in [4.78, 5) is 11.7. The van der Waals surface area contributed by atoms with Gasteiger partial charge in [0, 0.05) is 31.1 Å².